The van der Waals surface area contributed by atoms with Crippen molar-refractivity contribution in [3.05, 3.63) is 70.5 Å². The first-order chi connectivity index (χ1) is 11.9. The van der Waals surface area contributed by atoms with Crippen LogP contribution in [0.2, 0.25) is 5.02 Å². The number of nitrogens with zero attached hydrogens (tertiary/aromatic N) is 1. The lowest BCUT2D eigenvalue weighted by Crippen LogP contribution is -2.39. The average Bonchev–Trinajstić information content (AvgIpc) is 2.98. The molecule has 5 nitrogen and oxygen atoms in total. The zero-order valence-electron chi connectivity index (χ0n) is 13.5. The molecule has 8 heteroatoms. The molecule has 1 fully saturated rings. The Kier molecular flexibility index (Phi) is 5.41. The fourth-order valence-electron chi connectivity index (χ4n) is 2.83. The van der Waals surface area contributed by atoms with E-state index in [4.69, 9.17) is 16.4 Å². The number of hydrogen-bond donors (Lipinski definition) is 1. The number of halogens is 2. The highest BCUT2D eigenvalue weighted by Crippen LogP contribution is 2.33. The summed E-state index contributed by atoms with van der Waals surface area (Å²) in [6.45, 7) is 0.151. The highest BCUT2D eigenvalue weighted by atomic mass is 35.5. The fourth-order valence-corrected chi connectivity index (χ4v) is 4.45. The van der Waals surface area contributed by atoms with Gasteiger partial charge in [0.15, 0.2) is 0 Å². The summed E-state index contributed by atoms with van der Waals surface area (Å²) in [5.41, 5.74) is 1.49. The zero-order valence-corrected chi connectivity index (χ0v) is 15.1. The maximum Gasteiger partial charge on any atom is 0.219 e. The molecule has 0 saturated carbocycles. The van der Waals surface area contributed by atoms with E-state index >= 15 is 0 Å². The second-order valence-corrected chi connectivity index (χ2v) is 8.29. The van der Waals surface area contributed by atoms with Crippen LogP contribution in [0.5, 0.6) is 0 Å². The third kappa shape index (κ3) is 4.19. The van der Waals surface area contributed by atoms with Crippen LogP contribution in [0.25, 0.3) is 0 Å². The lowest BCUT2D eigenvalue weighted by Gasteiger charge is -2.23. The lowest BCUT2D eigenvalue weighted by atomic mass is 10.0. The molecule has 0 bridgehead atoms. The number of benzene rings is 2. The molecule has 25 heavy (non-hydrogen) atoms. The Bertz CT molecular complexity index is 828. The molecule has 1 N–H and O–H groups in total. The number of hydroxylamine groups is 2. The van der Waals surface area contributed by atoms with Crippen LogP contribution in [0.3, 0.4) is 0 Å². The standard InChI is InChI=1S/C17H18ClFN2O3S/c1-21-17(13-4-6-14(18)7-5-13)16(11-24-21)25(22,23)20-10-12-2-8-15(19)9-3-12/h2-9,16-17,20H,10-11H2,1H3. The van der Waals surface area contributed by atoms with E-state index in [0.717, 1.165) is 5.56 Å². The first-order valence-corrected chi connectivity index (χ1v) is 9.63. The van der Waals surface area contributed by atoms with Gasteiger partial charge in [-0.1, -0.05) is 35.9 Å². The van der Waals surface area contributed by atoms with Gasteiger partial charge in [-0.2, -0.15) is 5.06 Å². The van der Waals surface area contributed by atoms with Crippen LogP contribution in [-0.4, -0.2) is 32.4 Å². The molecule has 0 spiro atoms. The number of rotatable bonds is 5. The molecule has 2 aromatic rings. The average molecular weight is 385 g/mol. The van der Waals surface area contributed by atoms with Gasteiger partial charge in [0, 0.05) is 18.6 Å². The molecule has 1 saturated heterocycles. The van der Waals surface area contributed by atoms with E-state index in [0.29, 0.717) is 10.6 Å². The topological polar surface area (TPSA) is 58.6 Å². The summed E-state index contributed by atoms with van der Waals surface area (Å²) >= 11 is 5.91. The highest BCUT2D eigenvalue weighted by molar-refractivity contribution is 7.90. The van der Waals surface area contributed by atoms with Crippen LogP contribution < -0.4 is 4.72 Å². The Morgan fingerprint density at radius 3 is 2.48 bits per heavy atom. The molecule has 0 radical (unpaired) electrons. The maximum atomic E-state index is 12.9. The molecule has 0 aliphatic carbocycles. The Morgan fingerprint density at radius 2 is 1.84 bits per heavy atom. The van der Waals surface area contributed by atoms with Gasteiger partial charge in [-0.05, 0) is 35.4 Å². The number of sulfonamides is 1. The summed E-state index contributed by atoms with van der Waals surface area (Å²) in [5.74, 6) is -0.361. The normalized spacial score (nSPS) is 21.6. The van der Waals surface area contributed by atoms with Crippen molar-refractivity contribution in [2.75, 3.05) is 13.7 Å². The summed E-state index contributed by atoms with van der Waals surface area (Å²) in [6.07, 6.45) is 0. The molecule has 0 amide bonds. The third-order valence-corrected chi connectivity index (χ3v) is 6.18. The van der Waals surface area contributed by atoms with Crippen molar-refractivity contribution >= 4 is 21.6 Å². The van der Waals surface area contributed by atoms with E-state index in [1.54, 1.807) is 48.5 Å². The van der Waals surface area contributed by atoms with Crippen molar-refractivity contribution in [1.29, 1.82) is 0 Å². The van der Waals surface area contributed by atoms with E-state index in [2.05, 4.69) is 4.72 Å². The van der Waals surface area contributed by atoms with Crippen molar-refractivity contribution in [3.63, 3.8) is 0 Å². The van der Waals surface area contributed by atoms with Gasteiger partial charge < -0.3 is 0 Å². The van der Waals surface area contributed by atoms with E-state index in [1.165, 1.54) is 12.1 Å². The highest BCUT2D eigenvalue weighted by Gasteiger charge is 2.43. The van der Waals surface area contributed by atoms with Gasteiger partial charge in [0.2, 0.25) is 10.0 Å². The molecule has 0 aromatic heterocycles. The van der Waals surface area contributed by atoms with Gasteiger partial charge in [-0.15, -0.1) is 0 Å². The Balaban J connectivity index is 1.77. The minimum atomic E-state index is -3.65. The first-order valence-electron chi connectivity index (χ1n) is 7.71. The summed E-state index contributed by atoms with van der Waals surface area (Å²) < 4.78 is 41.0. The summed E-state index contributed by atoms with van der Waals surface area (Å²) in [5, 5.41) is 1.36. The summed E-state index contributed by atoms with van der Waals surface area (Å²) in [6, 6.07) is 12.3. The first kappa shape index (κ1) is 18.3. The number of nitrogens with one attached hydrogen (secondary N) is 1. The van der Waals surface area contributed by atoms with Crippen LogP contribution in [-0.2, 0) is 21.4 Å². The smallest absolute Gasteiger partial charge is 0.219 e. The summed E-state index contributed by atoms with van der Waals surface area (Å²) in [7, 11) is -1.95. The van der Waals surface area contributed by atoms with Crippen LogP contribution in [0.4, 0.5) is 4.39 Å². The molecule has 3 rings (SSSR count). The predicted octanol–water partition coefficient (Wildman–Crippen LogP) is 2.89. The molecule has 1 aliphatic rings. The Hall–Kier alpha value is -1.51. The number of hydrogen-bond acceptors (Lipinski definition) is 4. The lowest BCUT2D eigenvalue weighted by molar-refractivity contribution is -0.110. The van der Waals surface area contributed by atoms with Gasteiger partial charge in [-0.25, -0.2) is 17.5 Å². The molecule has 134 valence electrons. The Labute approximate surface area is 151 Å². The maximum absolute atomic E-state index is 12.9. The van der Waals surface area contributed by atoms with E-state index in [9.17, 15) is 12.8 Å². The van der Waals surface area contributed by atoms with Crippen LogP contribution >= 0.6 is 11.6 Å². The molecule has 2 unspecified atom stereocenters. The van der Waals surface area contributed by atoms with Gasteiger partial charge in [0.1, 0.15) is 11.1 Å². The molecule has 2 aromatic carbocycles. The van der Waals surface area contributed by atoms with Gasteiger partial charge in [0.05, 0.1) is 12.6 Å². The van der Waals surface area contributed by atoms with E-state index in [1.807, 2.05) is 0 Å². The monoisotopic (exact) mass is 384 g/mol. The molecular formula is C17H18ClFN2O3S. The van der Waals surface area contributed by atoms with Gasteiger partial charge in [0.25, 0.3) is 0 Å². The molecular weight excluding hydrogens is 367 g/mol. The minimum absolute atomic E-state index is 0.0581. The van der Waals surface area contributed by atoms with Crippen LogP contribution in [0.1, 0.15) is 17.2 Å². The van der Waals surface area contributed by atoms with Crippen molar-refractivity contribution < 1.29 is 17.6 Å². The van der Waals surface area contributed by atoms with Gasteiger partial charge in [-0.3, -0.25) is 4.84 Å². The molecule has 2 atom stereocenters. The van der Waals surface area contributed by atoms with Crippen LogP contribution in [0, 0.1) is 5.82 Å². The second kappa shape index (κ2) is 7.39. The fraction of sp³-hybridized carbons (Fsp3) is 0.294. The molecule has 1 aliphatic heterocycles. The largest absolute Gasteiger partial charge is 0.297 e. The second-order valence-electron chi connectivity index (χ2n) is 5.87. The van der Waals surface area contributed by atoms with Crippen molar-refractivity contribution in [1.82, 2.24) is 9.79 Å². The van der Waals surface area contributed by atoms with Crippen molar-refractivity contribution in [3.8, 4) is 0 Å². The van der Waals surface area contributed by atoms with Gasteiger partial charge >= 0.3 is 0 Å². The summed E-state index contributed by atoms with van der Waals surface area (Å²) in [4.78, 5) is 5.45. The zero-order chi connectivity index (χ0) is 18.0. The minimum Gasteiger partial charge on any atom is -0.297 e. The predicted molar refractivity (Wildman–Crippen MR) is 93.9 cm³/mol. The third-order valence-electron chi connectivity index (χ3n) is 4.19. The molecule has 1 heterocycles. The van der Waals surface area contributed by atoms with Crippen LogP contribution in [0.15, 0.2) is 48.5 Å². The van der Waals surface area contributed by atoms with Crippen molar-refractivity contribution in [2.24, 2.45) is 0 Å². The van der Waals surface area contributed by atoms with E-state index in [-0.39, 0.29) is 19.0 Å². The Morgan fingerprint density at radius 1 is 1.20 bits per heavy atom. The van der Waals surface area contributed by atoms with Crippen molar-refractivity contribution in [2.45, 2.75) is 17.8 Å². The SMILES string of the molecule is CN1OCC(S(=O)(=O)NCc2ccc(F)cc2)C1c1ccc(Cl)cc1. The van der Waals surface area contributed by atoms with E-state index < -0.39 is 21.3 Å². The quantitative estimate of drug-likeness (QED) is 0.861.